The quantitative estimate of drug-likeness (QED) is 0.502. The van der Waals surface area contributed by atoms with Crippen LogP contribution in [0.15, 0.2) is 45.5 Å². The Morgan fingerprint density at radius 2 is 2.04 bits per heavy atom. The Morgan fingerprint density at radius 3 is 2.64 bits per heavy atom. The van der Waals surface area contributed by atoms with Crippen molar-refractivity contribution in [2.75, 3.05) is 6.54 Å². The summed E-state index contributed by atoms with van der Waals surface area (Å²) in [5.74, 6) is -0.867. The van der Waals surface area contributed by atoms with E-state index in [4.69, 9.17) is 5.21 Å². The van der Waals surface area contributed by atoms with E-state index in [1.807, 2.05) is 37.3 Å². The second kappa shape index (κ2) is 6.68. The third-order valence-corrected chi connectivity index (χ3v) is 3.91. The zero-order chi connectivity index (χ0) is 18.0. The monoisotopic (exact) mass is 339 g/mol. The van der Waals surface area contributed by atoms with Crippen molar-refractivity contribution >= 4 is 28.9 Å². The summed E-state index contributed by atoms with van der Waals surface area (Å²) in [6, 6.07) is 9.58. The molecule has 0 unspecified atom stereocenters. The van der Waals surface area contributed by atoms with E-state index in [2.05, 4.69) is 20.2 Å². The van der Waals surface area contributed by atoms with E-state index in [0.29, 0.717) is 18.0 Å². The number of aliphatic carboxylic acids is 1. The summed E-state index contributed by atoms with van der Waals surface area (Å²) in [4.78, 5) is 20.3. The predicted molar refractivity (Wildman–Crippen MR) is 93.5 cm³/mol. The summed E-state index contributed by atoms with van der Waals surface area (Å²) < 4.78 is 1.59. The minimum atomic E-state index is -1.36. The van der Waals surface area contributed by atoms with Crippen LogP contribution in [0.5, 0.6) is 0 Å². The molecule has 0 fully saturated rings. The molecule has 0 amide bonds. The van der Waals surface area contributed by atoms with Gasteiger partial charge in [-0.1, -0.05) is 42.4 Å². The normalized spacial score (nSPS) is 14.4. The maximum absolute atomic E-state index is 11.3. The molecule has 3 rings (SSSR count). The van der Waals surface area contributed by atoms with Crippen molar-refractivity contribution in [2.45, 2.75) is 13.3 Å². The highest BCUT2D eigenvalue weighted by molar-refractivity contribution is 6.66. The third kappa shape index (κ3) is 2.93. The lowest BCUT2D eigenvalue weighted by Gasteiger charge is -2.06. The molecule has 8 nitrogen and oxygen atoms in total. The summed E-state index contributed by atoms with van der Waals surface area (Å²) in [5.41, 5.74) is 2.73. The molecule has 0 bridgehead atoms. The lowest BCUT2D eigenvalue weighted by atomic mass is 10.0. The van der Waals surface area contributed by atoms with Gasteiger partial charge in [-0.25, -0.2) is 9.79 Å². The number of aromatic nitrogens is 2. The molecule has 128 valence electrons. The zero-order valence-corrected chi connectivity index (χ0v) is 13.8. The van der Waals surface area contributed by atoms with Crippen LogP contribution in [0.4, 0.5) is 5.82 Å². The van der Waals surface area contributed by atoms with E-state index >= 15 is 0 Å². The molecule has 0 saturated heterocycles. The minimum absolute atomic E-state index is 0.00620. The second-order valence-corrected chi connectivity index (χ2v) is 5.47. The fourth-order valence-electron chi connectivity index (χ4n) is 2.77. The van der Waals surface area contributed by atoms with E-state index in [1.54, 1.807) is 11.7 Å². The maximum atomic E-state index is 11.3. The molecule has 0 aliphatic carbocycles. The number of carboxylic acids is 1. The topological polar surface area (TPSA) is 112 Å². The number of carbonyl (C=O) groups is 1. The first kappa shape index (κ1) is 16.6. The van der Waals surface area contributed by atoms with Crippen LogP contribution in [-0.2, 0) is 18.3 Å². The highest BCUT2D eigenvalue weighted by atomic mass is 16.4. The number of nitrogens with zero attached hydrogens (tertiary/aromatic N) is 5. The molecule has 0 radical (unpaired) electrons. The molecule has 0 spiro atoms. The second-order valence-electron chi connectivity index (χ2n) is 5.47. The summed E-state index contributed by atoms with van der Waals surface area (Å²) in [6.45, 7) is 1.98. The standard InChI is InChI=1S/C17H17N5O3/c1-3-11-13-14(10-7-5-4-6-8-10)18-9-12(15(21-25)17(23)24)19-16(13)22(2)20-11/h4-8,25H,3,9H2,1-2H3,(H,23,24)/b21-15-. The van der Waals surface area contributed by atoms with Crippen LogP contribution in [0.25, 0.3) is 0 Å². The number of carboxylic acid groups (broad SMARTS) is 1. The molecule has 0 atom stereocenters. The Balaban J connectivity index is 2.25. The van der Waals surface area contributed by atoms with Gasteiger partial charge in [0.1, 0.15) is 5.71 Å². The zero-order valence-electron chi connectivity index (χ0n) is 13.8. The largest absolute Gasteiger partial charge is 0.476 e. The van der Waals surface area contributed by atoms with Crippen molar-refractivity contribution in [2.24, 2.45) is 22.2 Å². The van der Waals surface area contributed by atoms with Crippen LogP contribution in [0.1, 0.15) is 23.7 Å². The van der Waals surface area contributed by atoms with Crippen molar-refractivity contribution in [3.8, 4) is 0 Å². The number of rotatable bonds is 4. The van der Waals surface area contributed by atoms with Gasteiger partial charge in [-0.05, 0) is 6.42 Å². The van der Waals surface area contributed by atoms with Crippen LogP contribution in [0, 0.1) is 0 Å². The molecule has 1 aromatic carbocycles. The number of aryl methyl sites for hydroxylation is 2. The Kier molecular flexibility index (Phi) is 4.42. The van der Waals surface area contributed by atoms with Gasteiger partial charge in [-0.15, -0.1) is 0 Å². The first-order valence-electron chi connectivity index (χ1n) is 7.76. The Hall–Kier alpha value is -3.29. The summed E-state index contributed by atoms with van der Waals surface area (Å²) in [6.07, 6.45) is 0.680. The van der Waals surface area contributed by atoms with Gasteiger partial charge in [0.15, 0.2) is 5.82 Å². The SMILES string of the molecule is CCc1nn(C)c2c1C(c1ccccc1)=NCC(/C(=N/O)C(=O)O)=N2. The van der Waals surface area contributed by atoms with Gasteiger partial charge in [0, 0.05) is 12.6 Å². The lowest BCUT2D eigenvalue weighted by molar-refractivity contribution is -0.129. The number of fused-ring (bicyclic) bond motifs is 1. The maximum Gasteiger partial charge on any atom is 0.359 e. The number of benzene rings is 1. The molecule has 0 saturated carbocycles. The molecule has 2 aromatic rings. The first-order chi connectivity index (χ1) is 12.1. The van der Waals surface area contributed by atoms with Gasteiger partial charge in [0.25, 0.3) is 0 Å². The Bertz CT molecular complexity index is 910. The van der Waals surface area contributed by atoms with Crippen LogP contribution >= 0.6 is 0 Å². The Labute approximate surface area is 143 Å². The average molecular weight is 339 g/mol. The summed E-state index contributed by atoms with van der Waals surface area (Å²) >= 11 is 0. The van der Waals surface area contributed by atoms with Gasteiger partial charge in [0.05, 0.1) is 23.5 Å². The molecular weight excluding hydrogens is 322 g/mol. The summed E-state index contributed by atoms with van der Waals surface area (Å²) in [7, 11) is 1.74. The van der Waals surface area contributed by atoms with Gasteiger partial charge >= 0.3 is 5.97 Å². The van der Waals surface area contributed by atoms with Crippen molar-refractivity contribution in [1.82, 2.24) is 9.78 Å². The molecule has 2 heterocycles. The van der Waals surface area contributed by atoms with Crippen molar-refractivity contribution < 1.29 is 15.1 Å². The van der Waals surface area contributed by atoms with E-state index in [0.717, 1.165) is 16.8 Å². The number of hydrogen-bond donors (Lipinski definition) is 2. The van der Waals surface area contributed by atoms with E-state index in [1.165, 1.54) is 0 Å². The van der Waals surface area contributed by atoms with Crippen LogP contribution in [-0.4, -0.2) is 49.7 Å². The van der Waals surface area contributed by atoms with Crippen LogP contribution in [0.3, 0.4) is 0 Å². The molecule has 2 N–H and O–H groups in total. The van der Waals surface area contributed by atoms with E-state index in [9.17, 15) is 9.90 Å². The van der Waals surface area contributed by atoms with Gasteiger partial charge in [-0.2, -0.15) is 5.10 Å². The number of hydrogen-bond acceptors (Lipinski definition) is 6. The fraction of sp³-hybridized carbons (Fsp3) is 0.235. The Morgan fingerprint density at radius 1 is 1.32 bits per heavy atom. The van der Waals surface area contributed by atoms with E-state index < -0.39 is 11.7 Å². The van der Waals surface area contributed by atoms with Crippen molar-refractivity contribution in [1.29, 1.82) is 0 Å². The molecule has 1 aliphatic heterocycles. The highest BCUT2D eigenvalue weighted by Crippen LogP contribution is 2.28. The van der Waals surface area contributed by atoms with Gasteiger partial charge in [-0.3, -0.25) is 9.67 Å². The van der Waals surface area contributed by atoms with Gasteiger partial charge < -0.3 is 10.3 Å². The average Bonchev–Trinajstić information content (AvgIpc) is 2.80. The highest BCUT2D eigenvalue weighted by Gasteiger charge is 2.27. The molecule has 8 heteroatoms. The fourth-order valence-corrected chi connectivity index (χ4v) is 2.77. The van der Waals surface area contributed by atoms with Crippen LogP contribution < -0.4 is 0 Å². The summed E-state index contributed by atoms with van der Waals surface area (Å²) in [5, 5.41) is 25.6. The third-order valence-electron chi connectivity index (χ3n) is 3.91. The first-order valence-corrected chi connectivity index (χ1v) is 7.76. The predicted octanol–water partition coefficient (Wildman–Crippen LogP) is 1.82. The smallest absolute Gasteiger partial charge is 0.359 e. The van der Waals surface area contributed by atoms with Crippen molar-refractivity contribution in [3.63, 3.8) is 0 Å². The molecule has 1 aromatic heterocycles. The van der Waals surface area contributed by atoms with E-state index in [-0.39, 0.29) is 12.3 Å². The molecule has 25 heavy (non-hydrogen) atoms. The number of aliphatic imine (C=N–C) groups is 2. The lowest BCUT2D eigenvalue weighted by Crippen LogP contribution is -2.26. The van der Waals surface area contributed by atoms with Gasteiger partial charge in [0.2, 0.25) is 5.71 Å². The minimum Gasteiger partial charge on any atom is -0.476 e. The van der Waals surface area contributed by atoms with Crippen LogP contribution in [0.2, 0.25) is 0 Å². The molecular formula is C17H17N5O3. The van der Waals surface area contributed by atoms with Crippen molar-refractivity contribution in [3.05, 3.63) is 47.2 Å². The number of oxime groups is 1. The molecule has 1 aliphatic rings.